The molecule has 0 fully saturated rings. The smallest absolute Gasteiger partial charge is 0.276 e. The number of nitriles is 1. The van der Waals surface area contributed by atoms with E-state index >= 15 is 0 Å². The topological polar surface area (TPSA) is 135 Å². The molecule has 0 atom stereocenters. The lowest BCUT2D eigenvalue weighted by molar-refractivity contribution is -0.384. The molecule has 0 heterocycles. The summed E-state index contributed by atoms with van der Waals surface area (Å²) in [6, 6.07) is 18.4. The molecule has 0 aromatic heterocycles. The summed E-state index contributed by atoms with van der Waals surface area (Å²) in [7, 11) is -3.80. The van der Waals surface area contributed by atoms with Crippen LogP contribution in [0.5, 0.6) is 11.5 Å². The average molecular weight is 436 g/mol. The number of nitro groups is 1. The van der Waals surface area contributed by atoms with Gasteiger partial charge in [-0.2, -0.15) is 18.8 Å². The van der Waals surface area contributed by atoms with Crippen molar-refractivity contribution in [2.75, 3.05) is 0 Å². The Morgan fingerprint density at radius 1 is 1.13 bits per heavy atom. The molecule has 0 aliphatic rings. The normalized spacial score (nSPS) is 11.1. The van der Waals surface area contributed by atoms with Crippen molar-refractivity contribution in [2.24, 2.45) is 5.10 Å². The van der Waals surface area contributed by atoms with Gasteiger partial charge in [-0.15, -0.1) is 0 Å². The quantitative estimate of drug-likeness (QED) is 0.339. The molecule has 9 nitrogen and oxygen atoms in total. The summed E-state index contributed by atoms with van der Waals surface area (Å²) in [5.74, 6) is 0.498. The van der Waals surface area contributed by atoms with Crippen LogP contribution < -0.4 is 9.57 Å². The standard InChI is InChI=1S/C21H16N4O5S/c1-15-5-8-20(9-6-15)31(28,29)24-23-14-16-3-2-4-19(11-16)30-21-10-7-18(25(26)27)12-17(21)13-22/h2-12,14,24H,1H3/b23-14-. The molecule has 3 rings (SSSR count). The van der Waals surface area contributed by atoms with E-state index < -0.39 is 14.9 Å². The minimum absolute atomic E-state index is 0.0131. The first-order valence-corrected chi connectivity index (χ1v) is 10.3. The second kappa shape index (κ2) is 9.06. The molecule has 10 heteroatoms. The van der Waals surface area contributed by atoms with E-state index in [-0.39, 0.29) is 21.9 Å². The number of hydrogen-bond donors (Lipinski definition) is 1. The lowest BCUT2D eigenvalue weighted by Crippen LogP contribution is -2.18. The third-order valence-electron chi connectivity index (χ3n) is 4.10. The molecular weight excluding hydrogens is 420 g/mol. The minimum atomic E-state index is -3.80. The molecule has 0 aliphatic heterocycles. The number of nitro benzene ring substituents is 1. The number of aryl methyl sites for hydroxylation is 1. The van der Waals surface area contributed by atoms with Crippen LogP contribution in [-0.4, -0.2) is 19.6 Å². The van der Waals surface area contributed by atoms with Crippen molar-refractivity contribution in [1.82, 2.24) is 4.83 Å². The van der Waals surface area contributed by atoms with Gasteiger partial charge in [-0.1, -0.05) is 29.8 Å². The Morgan fingerprint density at radius 3 is 2.55 bits per heavy atom. The number of nitrogens with one attached hydrogen (secondary N) is 1. The van der Waals surface area contributed by atoms with Crippen LogP contribution in [0.4, 0.5) is 5.69 Å². The fraction of sp³-hybridized carbons (Fsp3) is 0.0476. The van der Waals surface area contributed by atoms with Gasteiger partial charge in [-0.05, 0) is 42.8 Å². The number of sulfonamides is 1. The molecule has 1 N–H and O–H groups in total. The number of benzene rings is 3. The number of rotatable bonds is 7. The highest BCUT2D eigenvalue weighted by Gasteiger charge is 2.13. The Kier molecular flexibility index (Phi) is 6.28. The van der Waals surface area contributed by atoms with E-state index in [4.69, 9.17) is 4.74 Å². The number of hydrazone groups is 1. The highest BCUT2D eigenvalue weighted by atomic mass is 32.2. The fourth-order valence-corrected chi connectivity index (χ4v) is 3.32. The van der Waals surface area contributed by atoms with Crippen LogP contribution in [-0.2, 0) is 10.0 Å². The highest BCUT2D eigenvalue weighted by Crippen LogP contribution is 2.28. The van der Waals surface area contributed by atoms with E-state index in [2.05, 4.69) is 9.93 Å². The molecule has 0 saturated heterocycles. The number of non-ortho nitro benzene ring substituents is 1. The van der Waals surface area contributed by atoms with Crippen LogP contribution in [0.2, 0.25) is 0 Å². The first-order chi connectivity index (χ1) is 14.8. The SMILES string of the molecule is Cc1ccc(S(=O)(=O)N/N=C\c2cccc(Oc3ccc([N+](=O)[O-])cc3C#N)c2)cc1. The van der Waals surface area contributed by atoms with Crippen LogP contribution >= 0.6 is 0 Å². The summed E-state index contributed by atoms with van der Waals surface area (Å²) in [5.41, 5.74) is 1.26. The predicted octanol–water partition coefficient (Wildman–Crippen LogP) is 3.88. The molecule has 0 bridgehead atoms. The maximum absolute atomic E-state index is 12.3. The summed E-state index contributed by atoms with van der Waals surface area (Å²) in [6.07, 6.45) is 1.31. The monoisotopic (exact) mass is 436 g/mol. The van der Waals surface area contributed by atoms with E-state index in [0.717, 1.165) is 11.6 Å². The molecule has 0 spiro atoms. The zero-order valence-corrected chi connectivity index (χ0v) is 17.0. The van der Waals surface area contributed by atoms with E-state index in [1.807, 2.05) is 13.0 Å². The van der Waals surface area contributed by atoms with E-state index in [9.17, 15) is 23.8 Å². The zero-order valence-electron chi connectivity index (χ0n) is 16.2. The van der Waals surface area contributed by atoms with Crippen molar-refractivity contribution in [1.29, 1.82) is 5.26 Å². The van der Waals surface area contributed by atoms with Crippen molar-refractivity contribution in [3.8, 4) is 17.6 Å². The maximum Gasteiger partial charge on any atom is 0.276 e. The van der Waals surface area contributed by atoms with Crippen LogP contribution in [0.25, 0.3) is 0 Å². The minimum Gasteiger partial charge on any atom is -0.456 e. The molecule has 0 radical (unpaired) electrons. The molecule has 0 unspecified atom stereocenters. The first kappa shape index (κ1) is 21.5. The van der Waals surface area contributed by atoms with Crippen molar-refractivity contribution >= 4 is 21.9 Å². The van der Waals surface area contributed by atoms with Crippen molar-refractivity contribution in [2.45, 2.75) is 11.8 Å². The fourth-order valence-electron chi connectivity index (χ4n) is 2.53. The van der Waals surface area contributed by atoms with Gasteiger partial charge in [0, 0.05) is 12.1 Å². The molecule has 0 amide bonds. The molecule has 0 saturated carbocycles. The van der Waals surface area contributed by atoms with Crippen molar-refractivity contribution in [3.63, 3.8) is 0 Å². The molecule has 0 aliphatic carbocycles. The Balaban J connectivity index is 1.74. The van der Waals surface area contributed by atoms with Gasteiger partial charge in [0.1, 0.15) is 23.1 Å². The molecule has 31 heavy (non-hydrogen) atoms. The second-order valence-corrected chi connectivity index (χ2v) is 8.05. The van der Waals surface area contributed by atoms with E-state index in [1.54, 1.807) is 36.4 Å². The second-order valence-electron chi connectivity index (χ2n) is 6.39. The number of nitrogens with zero attached hydrogens (tertiary/aromatic N) is 3. The van der Waals surface area contributed by atoms with Crippen molar-refractivity contribution < 1.29 is 18.1 Å². The van der Waals surface area contributed by atoms with Gasteiger partial charge in [-0.25, -0.2) is 4.83 Å². The molecule has 3 aromatic carbocycles. The lowest BCUT2D eigenvalue weighted by Gasteiger charge is -2.08. The summed E-state index contributed by atoms with van der Waals surface area (Å²) in [6.45, 7) is 1.85. The van der Waals surface area contributed by atoms with Gasteiger partial charge in [0.05, 0.1) is 16.0 Å². The Hall–Kier alpha value is -4.23. The van der Waals surface area contributed by atoms with Crippen LogP contribution in [0.15, 0.2) is 76.7 Å². The average Bonchev–Trinajstić information content (AvgIpc) is 2.74. The summed E-state index contributed by atoms with van der Waals surface area (Å²) < 4.78 is 30.2. The van der Waals surface area contributed by atoms with Gasteiger partial charge >= 0.3 is 0 Å². The third kappa shape index (κ3) is 5.43. The predicted molar refractivity (Wildman–Crippen MR) is 113 cm³/mol. The van der Waals surface area contributed by atoms with Crippen LogP contribution in [0, 0.1) is 28.4 Å². The number of ether oxygens (including phenoxy) is 1. The molecular formula is C21H16N4O5S. The van der Waals surface area contributed by atoms with Gasteiger partial charge in [0.2, 0.25) is 0 Å². The van der Waals surface area contributed by atoms with Gasteiger partial charge in [0.15, 0.2) is 0 Å². The number of hydrogen-bond acceptors (Lipinski definition) is 7. The summed E-state index contributed by atoms with van der Waals surface area (Å²) >= 11 is 0. The Morgan fingerprint density at radius 2 is 1.87 bits per heavy atom. The largest absolute Gasteiger partial charge is 0.456 e. The van der Waals surface area contributed by atoms with E-state index in [0.29, 0.717) is 11.3 Å². The lowest BCUT2D eigenvalue weighted by atomic mass is 10.2. The molecule has 3 aromatic rings. The summed E-state index contributed by atoms with van der Waals surface area (Å²) in [4.78, 5) is 12.5. The Bertz CT molecular complexity index is 1300. The van der Waals surface area contributed by atoms with Gasteiger partial charge in [-0.3, -0.25) is 10.1 Å². The first-order valence-electron chi connectivity index (χ1n) is 8.86. The van der Waals surface area contributed by atoms with Gasteiger partial charge < -0.3 is 4.74 Å². The zero-order chi connectivity index (χ0) is 22.4. The Labute approximate surface area is 178 Å². The molecule has 156 valence electrons. The van der Waals surface area contributed by atoms with E-state index in [1.165, 1.54) is 30.5 Å². The van der Waals surface area contributed by atoms with Crippen LogP contribution in [0.3, 0.4) is 0 Å². The van der Waals surface area contributed by atoms with Crippen molar-refractivity contribution in [3.05, 3.63) is 93.5 Å². The summed E-state index contributed by atoms with van der Waals surface area (Å²) in [5, 5.41) is 23.9. The maximum atomic E-state index is 12.3. The van der Waals surface area contributed by atoms with Gasteiger partial charge in [0.25, 0.3) is 15.7 Å². The highest BCUT2D eigenvalue weighted by molar-refractivity contribution is 7.89. The third-order valence-corrected chi connectivity index (χ3v) is 5.34. The van der Waals surface area contributed by atoms with Crippen LogP contribution in [0.1, 0.15) is 16.7 Å².